The summed E-state index contributed by atoms with van der Waals surface area (Å²) in [6.45, 7) is 20.3. The Kier molecular flexibility index (Phi) is 13.5. The molecule has 0 aliphatic heterocycles. The molecule has 0 spiro atoms. The number of ether oxygens (including phenoxy) is 2. The third-order valence-electron chi connectivity index (χ3n) is 2.71. The molecule has 0 aromatic rings. The molecule has 0 N–H and O–H groups in total. The van der Waals surface area contributed by atoms with Crippen molar-refractivity contribution in [2.75, 3.05) is 19.8 Å². The summed E-state index contributed by atoms with van der Waals surface area (Å²) in [5.41, 5.74) is 0.454. The topological polar surface area (TPSA) is 55.8 Å². The zero-order valence-corrected chi connectivity index (χ0v) is 14.8. The monoisotopic (exact) mass is 313 g/mol. The van der Waals surface area contributed by atoms with E-state index in [1.165, 1.54) is 0 Å². The highest BCUT2D eigenvalue weighted by molar-refractivity contribution is 5.86. The zero-order valence-electron chi connectivity index (χ0n) is 14.8. The molecule has 128 valence electrons. The van der Waals surface area contributed by atoms with Crippen molar-refractivity contribution in [2.24, 2.45) is 0 Å². The maximum atomic E-state index is 11.1. The Morgan fingerprint density at radius 2 is 1.64 bits per heavy atom. The number of hydrogen-bond donors (Lipinski definition) is 0. The van der Waals surface area contributed by atoms with Gasteiger partial charge in [-0.1, -0.05) is 13.2 Å². The Labute approximate surface area is 135 Å². The summed E-state index contributed by atoms with van der Waals surface area (Å²) in [6.07, 6.45) is 1.14. The molecule has 0 saturated carbocycles. The minimum atomic E-state index is -0.359. The van der Waals surface area contributed by atoms with Crippen LogP contribution in [0.15, 0.2) is 24.8 Å². The van der Waals surface area contributed by atoms with Gasteiger partial charge in [-0.15, -0.1) is 0 Å². The van der Waals surface area contributed by atoms with E-state index in [9.17, 15) is 9.59 Å². The molecule has 0 aliphatic carbocycles. The lowest BCUT2D eigenvalue weighted by Gasteiger charge is -2.30. The largest absolute Gasteiger partial charge is 0.463 e. The van der Waals surface area contributed by atoms with Crippen LogP contribution in [-0.4, -0.2) is 48.7 Å². The fourth-order valence-electron chi connectivity index (χ4n) is 1.68. The molecule has 0 saturated heterocycles. The van der Waals surface area contributed by atoms with E-state index in [0.29, 0.717) is 30.9 Å². The van der Waals surface area contributed by atoms with Gasteiger partial charge in [0.15, 0.2) is 0 Å². The summed E-state index contributed by atoms with van der Waals surface area (Å²) in [6, 6.07) is 0.932. The first-order chi connectivity index (χ1) is 10.2. The molecule has 22 heavy (non-hydrogen) atoms. The third kappa shape index (κ3) is 12.1. The molecule has 0 amide bonds. The maximum Gasteiger partial charge on any atom is 0.333 e. The van der Waals surface area contributed by atoms with Gasteiger partial charge in [-0.25, -0.2) is 9.59 Å². The highest BCUT2D eigenvalue weighted by atomic mass is 16.5. The summed E-state index contributed by atoms with van der Waals surface area (Å²) in [5, 5.41) is 0. The molecule has 0 aliphatic rings. The predicted molar refractivity (Wildman–Crippen MR) is 89.6 cm³/mol. The first-order valence-electron chi connectivity index (χ1n) is 7.54. The lowest BCUT2D eigenvalue weighted by molar-refractivity contribution is -0.139. The standard InChI is InChI=1S/C12H23NO2.C5H8O2/c1-9(2)12(14)15-8-7-13(10(3)4)11(5)6;1-3-5(6)7-4-2/h10-11H,1,7-8H2,2-6H3;3H,1,4H2,2H3. The fourth-order valence-corrected chi connectivity index (χ4v) is 1.68. The summed E-state index contributed by atoms with van der Waals surface area (Å²) >= 11 is 0. The Bertz CT molecular complexity index is 354. The second kappa shape index (κ2) is 13.1. The number of carbonyl (C=O) groups is 2. The van der Waals surface area contributed by atoms with Crippen LogP contribution in [0.4, 0.5) is 0 Å². The van der Waals surface area contributed by atoms with Crippen molar-refractivity contribution in [1.29, 1.82) is 0 Å². The highest BCUT2D eigenvalue weighted by Gasteiger charge is 2.13. The number of carbonyl (C=O) groups excluding carboxylic acids is 2. The van der Waals surface area contributed by atoms with Crippen LogP contribution in [0, 0.1) is 0 Å². The number of nitrogens with zero attached hydrogens (tertiary/aromatic N) is 1. The molecule has 5 heteroatoms. The average Bonchev–Trinajstić information content (AvgIpc) is 2.43. The van der Waals surface area contributed by atoms with Crippen LogP contribution in [0.5, 0.6) is 0 Å². The van der Waals surface area contributed by atoms with Crippen LogP contribution >= 0.6 is 0 Å². The molecule has 0 bridgehead atoms. The van der Waals surface area contributed by atoms with Gasteiger partial charge in [0.25, 0.3) is 0 Å². The molecule has 0 aromatic carbocycles. The second-order valence-electron chi connectivity index (χ2n) is 5.30. The first-order valence-corrected chi connectivity index (χ1v) is 7.54. The van der Waals surface area contributed by atoms with Crippen molar-refractivity contribution in [3.05, 3.63) is 24.8 Å². The van der Waals surface area contributed by atoms with Crippen molar-refractivity contribution in [3.63, 3.8) is 0 Å². The smallest absolute Gasteiger partial charge is 0.333 e. The molecule has 0 radical (unpaired) electrons. The van der Waals surface area contributed by atoms with Gasteiger partial charge in [-0.2, -0.15) is 0 Å². The molecule has 0 atom stereocenters. The Hall–Kier alpha value is -1.62. The van der Waals surface area contributed by atoms with Crippen molar-refractivity contribution in [2.45, 2.75) is 53.6 Å². The first kappa shape index (κ1) is 22.7. The Morgan fingerprint density at radius 3 is 1.91 bits per heavy atom. The van der Waals surface area contributed by atoms with E-state index in [0.717, 1.165) is 12.6 Å². The van der Waals surface area contributed by atoms with Crippen molar-refractivity contribution in [1.82, 2.24) is 4.90 Å². The lowest BCUT2D eigenvalue weighted by Crippen LogP contribution is -2.39. The number of esters is 2. The van der Waals surface area contributed by atoms with Crippen LogP contribution in [-0.2, 0) is 19.1 Å². The molecule has 0 unspecified atom stereocenters. The number of hydrogen-bond acceptors (Lipinski definition) is 5. The van der Waals surface area contributed by atoms with E-state index in [4.69, 9.17) is 4.74 Å². The van der Waals surface area contributed by atoms with E-state index in [1.807, 2.05) is 0 Å². The second-order valence-corrected chi connectivity index (χ2v) is 5.30. The summed E-state index contributed by atoms with van der Waals surface area (Å²) in [5.74, 6) is -0.662. The highest BCUT2D eigenvalue weighted by Crippen LogP contribution is 2.04. The molecule has 0 aromatic heterocycles. The van der Waals surface area contributed by atoms with Gasteiger partial charge in [0.1, 0.15) is 6.61 Å². The van der Waals surface area contributed by atoms with E-state index < -0.39 is 0 Å². The quantitative estimate of drug-likeness (QED) is 0.509. The van der Waals surface area contributed by atoms with Crippen molar-refractivity contribution >= 4 is 11.9 Å². The lowest BCUT2D eigenvalue weighted by atomic mass is 10.2. The van der Waals surface area contributed by atoms with Gasteiger partial charge in [-0.3, -0.25) is 4.90 Å². The minimum Gasteiger partial charge on any atom is -0.463 e. The molecule has 5 nitrogen and oxygen atoms in total. The van der Waals surface area contributed by atoms with E-state index in [2.05, 4.69) is 50.5 Å². The van der Waals surface area contributed by atoms with Crippen LogP contribution in [0.25, 0.3) is 0 Å². The number of rotatable bonds is 8. The average molecular weight is 313 g/mol. The van der Waals surface area contributed by atoms with E-state index in [1.54, 1.807) is 13.8 Å². The third-order valence-corrected chi connectivity index (χ3v) is 2.71. The van der Waals surface area contributed by atoms with Crippen LogP contribution in [0.2, 0.25) is 0 Å². The summed E-state index contributed by atoms with van der Waals surface area (Å²) in [4.78, 5) is 23.5. The maximum absolute atomic E-state index is 11.1. The Balaban J connectivity index is 0. The van der Waals surface area contributed by atoms with Gasteiger partial charge >= 0.3 is 11.9 Å². The van der Waals surface area contributed by atoms with Gasteiger partial charge in [0.05, 0.1) is 6.61 Å². The molecule has 0 heterocycles. The van der Waals surface area contributed by atoms with Crippen LogP contribution < -0.4 is 0 Å². The molecule has 0 rings (SSSR count). The Morgan fingerprint density at radius 1 is 1.14 bits per heavy atom. The van der Waals surface area contributed by atoms with Crippen molar-refractivity contribution < 1.29 is 19.1 Å². The van der Waals surface area contributed by atoms with Gasteiger partial charge in [0.2, 0.25) is 0 Å². The van der Waals surface area contributed by atoms with Gasteiger partial charge in [-0.05, 0) is 41.5 Å². The predicted octanol–water partition coefficient (Wildman–Crippen LogP) is 2.96. The zero-order chi connectivity index (χ0) is 17.7. The SMILES string of the molecule is C=C(C)C(=O)OCCN(C(C)C)C(C)C.C=CC(=O)OCC. The fraction of sp³-hybridized carbons (Fsp3) is 0.647. The summed E-state index contributed by atoms with van der Waals surface area (Å²) < 4.78 is 9.49. The van der Waals surface area contributed by atoms with Gasteiger partial charge < -0.3 is 9.47 Å². The normalized spacial score (nSPS) is 10.0. The minimum absolute atomic E-state index is 0.303. The molecular formula is C17H31NO4. The summed E-state index contributed by atoms with van der Waals surface area (Å²) in [7, 11) is 0. The molecule has 0 fully saturated rings. The van der Waals surface area contributed by atoms with Gasteiger partial charge in [0, 0.05) is 30.3 Å². The van der Waals surface area contributed by atoms with Crippen LogP contribution in [0.3, 0.4) is 0 Å². The van der Waals surface area contributed by atoms with Crippen LogP contribution in [0.1, 0.15) is 41.5 Å². The molecular weight excluding hydrogens is 282 g/mol. The van der Waals surface area contributed by atoms with E-state index in [-0.39, 0.29) is 11.9 Å². The van der Waals surface area contributed by atoms with Crippen molar-refractivity contribution in [3.8, 4) is 0 Å². The van der Waals surface area contributed by atoms with E-state index >= 15 is 0 Å².